The number of amides is 1. The predicted molar refractivity (Wildman–Crippen MR) is 117 cm³/mol. The number of benzene rings is 2. The third-order valence-corrected chi connectivity index (χ3v) is 4.89. The Bertz CT molecular complexity index is 868. The Kier molecular flexibility index (Phi) is 7.84. The lowest BCUT2D eigenvalue weighted by molar-refractivity contribution is -0.157. The highest BCUT2D eigenvalue weighted by atomic mass is 16.5. The van der Waals surface area contributed by atoms with E-state index in [1.165, 1.54) is 6.08 Å². The van der Waals surface area contributed by atoms with Crippen LogP contribution in [0.5, 0.6) is 5.75 Å². The van der Waals surface area contributed by atoms with E-state index in [1.807, 2.05) is 54.6 Å². The number of ether oxygens (including phenoxy) is 2. The lowest BCUT2D eigenvalue weighted by Crippen LogP contribution is -2.40. The maximum absolute atomic E-state index is 13.0. The van der Waals surface area contributed by atoms with Crippen molar-refractivity contribution in [1.29, 1.82) is 0 Å². The first-order valence-electron chi connectivity index (χ1n) is 10.2. The fourth-order valence-corrected chi connectivity index (χ4v) is 3.32. The van der Waals surface area contributed by atoms with Gasteiger partial charge in [0.05, 0.1) is 0 Å². The number of carbonyl (C=O) groups is 2. The van der Waals surface area contributed by atoms with Crippen LogP contribution >= 0.6 is 0 Å². The smallest absolute Gasteiger partial charge is 0.331 e. The van der Waals surface area contributed by atoms with E-state index >= 15 is 0 Å². The number of hydrogen-bond acceptors (Lipinski definition) is 4. The van der Waals surface area contributed by atoms with Gasteiger partial charge in [-0.3, -0.25) is 4.79 Å². The fraction of sp³-hybridized carbons (Fsp3) is 0.280. The zero-order valence-corrected chi connectivity index (χ0v) is 17.0. The fourth-order valence-electron chi connectivity index (χ4n) is 3.32. The van der Waals surface area contributed by atoms with E-state index in [2.05, 4.69) is 6.58 Å². The summed E-state index contributed by atoms with van der Waals surface area (Å²) in [6.07, 6.45) is 6.83. The Labute approximate surface area is 177 Å². The Morgan fingerprint density at radius 2 is 1.70 bits per heavy atom. The van der Waals surface area contributed by atoms with Crippen molar-refractivity contribution in [3.63, 3.8) is 0 Å². The number of esters is 1. The summed E-state index contributed by atoms with van der Waals surface area (Å²) in [4.78, 5) is 27.3. The van der Waals surface area contributed by atoms with Crippen molar-refractivity contribution < 1.29 is 19.1 Å². The van der Waals surface area contributed by atoms with Gasteiger partial charge in [-0.05, 0) is 43.0 Å². The molecule has 0 aromatic heterocycles. The number of piperidine rings is 1. The highest BCUT2D eigenvalue weighted by Gasteiger charge is 2.29. The molecule has 0 unspecified atom stereocenters. The summed E-state index contributed by atoms with van der Waals surface area (Å²) < 4.78 is 11.0. The lowest BCUT2D eigenvalue weighted by Gasteiger charge is -2.30. The van der Waals surface area contributed by atoms with Gasteiger partial charge in [0.15, 0.2) is 0 Å². The highest BCUT2D eigenvalue weighted by Crippen LogP contribution is 2.23. The molecule has 2 aromatic carbocycles. The summed E-state index contributed by atoms with van der Waals surface area (Å²) in [6, 6.07) is 16.5. The van der Waals surface area contributed by atoms with Gasteiger partial charge in [0.25, 0.3) is 5.91 Å². The van der Waals surface area contributed by atoms with Gasteiger partial charge in [0.1, 0.15) is 12.4 Å². The summed E-state index contributed by atoms with van der Waals surface area (Å²) in [5, 5.41) is 0. The lowest BCUT2D eigenvalue weighted by atomic mass is 10.1. The largest absolute Gasteiger partial charge is 0.490 e. The molecule has 0 saturated carbocycles. The third kappa shape index (κ3) is 6.08. The minimum absolute atomic E-state index is 0.161. The Balaban J connectivity index is 1.67. The number of carbonyl (C=O) groups excluding carboxylic acids is 2. The van der Waals surface area contributed by atoms with Gasteiger partial charge >= 0.3 is 5.97 Å². The third-order valence-electron chi connectivity index (χ3n) is 4.89. The number of hydrogen-bond donors (Lipinski definition) is 0. The molecule has 1 aliphatic heterocycles. The Morgan fingerprint density at radius 3 is 2.37 bits per heavy atom. The van der Waals surface area contributed by atoms with Crippen LogP contribution in [-0.4, -0.2) is 36.5 Å². The molecule has 0 bridgehead atoms. The first kappa shape index (κ1) is 21.4. The van der Waals surface area contributed by atoms with Crippen LogP contribution in [0.4, 0.5) is 0 Å². The van der Waals surface area contributed by atoms with E-state index in [4.69, 9.17) is 9.47 Å². The first-order valence-corrected chi connectivity index (χ1v) is 10.2. The second-order valence-corrected chi connectivity index (χ2v) is 7.12. The molecule has 30 heavy (non-hydrogen) atoms. The molecule has 1 saturated heterocycles. The first-order chi connectivity index (χ1) is 14.7. The maximum atomic E-state index is 13.0. The molecule has 0 spiro atoms. The molecule has 1 atom stereocenters. The quantitative estimate of drug-likeness (QED) is 0.367. The monoisotopic (exact) mass is 405 g/mol. The normalized spacial score (nSPS) is 14.9. The summed E-state index contributed by atoms with van der Waals surface area (Å²) in [5.41, 5.74) is 1.51. The van der Waals surface area contributed by atoms with Crippen LogP contribution in [0.2, 0.25) is 0 Å². The standard InChI is InChI=1S/C25H27NO4/c1-2-19-29-22-14-11-20(12-15-22)13-16-23(27)30-24(21-9-5-3-6-10-21)25(28)26-17-7-4-8-18-26/h2-3,5-6,9-16,24H,1,4,7-8,17-19H2/b16-13+/t24-/m0/s1. The van der Waals surface area contributed by atoms with Crippen LogP contribution in [-0.2, 0) is 14.3 Å². The molecule has 0 radical (unpaired) electrons. The van der Waals surface area contributed by atoms with Gasteiger partial charge in [-0.25, -0.2) is 4.79 Å². The molecular formula is C25H27NO4. The molecular weight excluding hydrogens is 378 g/mol. The second-order valence-electron chi connectivity index (χ2n) is 7.12. The van der Waals surface area contributed by atoms with Crippen molar-refractivity contribution >= 4 is 18.0 Å². The van der Waals surface area contributed by atoms with Crippen molar-refractivity contribution in [2.45, 2.75) is 25.4 Å². The van der Waals surface area contributed by atoms with Crippen LogP contribution in [0.3, 0.4) is 0 Å². The molecule has 2 aromatic rings. The Hall–Kier alpha value is -3.34. The van der Waals surface area contributed by atoms with Crippen molar-refractivity contribution in [2.75, 3.05) is 19.7 Å². The molecule has 3 rings (SSSR count). The summed E-state index contributed by atoms with van der Waals surface area (Å²) in [5.74, 6) is 0.0125. The molecule has 1 heterocycles. The number of rotatable bonds is 8. The molecule has 1 aliphatic rings. The average molecular weight is 405 g/mol. The zero-order chi connectivity index (χ0) is 21.2. The van der Waals surface area contributed by atoms with Gasteiger partial charge in [0, 0.05) is 24.7 Å². The molecule has 1 fully saturated rings. The van der Waals surface area contributed by atoms with Gasteiger partial charge in [-0.2, -0.15) is 0 Å². The van der Waals surface area contributed by atoms with E-state index in [1.54, 1.807) is 17.1 Å². The average Bonchev–Trinajstić information content (AvgIpc) is 2.81. The number of nitrogens with zero attached hydrogens (tertiary/aromatic N) is 1. The van der Waals surface area contributed by atoms with Crippen LogP contribution in [0.1, 0.15) is 36.5 Å². The van der Waals surface area contributed by atoms with Gasteiger partial charge < -0.3 is 14.4 Å². The van der Waals surface area contributed by atoms with Crippen molar-refractivity contribution in [3.8, 4) is 5.75 Å². The van der Waals surface area contributed by atoms with Gasteiger partial charge in [-0.15, -0.1) is 0 Å². The van der Waals surface area contributed by atoms with E-state index in [0.29, 0.717) is 25.3 Å². The molecule has 156 valence electrons. The van der Waals surface area contributed by atoms with Gasteiger partial charge in [-0.1, -0.05) is 55.1 Å². The molecule has 0 N–H and O–H groups in total. The zero-order valence-electron chi connectivity index (χ0n) is 17.0. The summed E-state index contributed by atoms with van der Waals surface area (Å²) in [6.45, 7) is 5.46. The van der Waals surface area contributed by atoms with Crippen LogP contribution in [0.15, 0.2) is 73.3 Å². The van der Waals surface area contributed by atoms with E-state index in [9.17, 15) is 9.59 Å². The SMILES string of the molecule is C=CCOc1ccc(/C=C/C(=O)O[C@H](C(=O)N2CCCCC2)c2ccccc2)cc1. The number of likely N-dealkylation sites (tertiary alicyclic amines) is 1. The van der Waals surface area contributed by atoms with Gasteiger partial charge in [0.2, 0.25) is 6.10 Å². The van der Waals surface area contributed by atoms with E-state index in [-0.39, 0.29) is 5.91 Å². The molecule has 5 heteroatoms. The Morgan fingerprint density at radius 1 is 1.00 bits per heavy atom. The maximum Gasteiger partial charge on any atom is 0.331 e. The van der Waals surface area contributed by atoms with Crippen molar-refractivity contribution in [3.05, 3.63) is 84.5 Å². The predicted octanol–water partition coefficient (Wildman–Crippen LogP) is 4.56. The minimum Gasteiger partial charge on any atom is -0.490 e. The minimum atomic E-state index is -0.934. The topological polar surface area (TPSA) is 55.8 Å². The second kappa shape index (κ2) is 11.0. The molecule has 5 nitrogen and oxygen atoms in total. The summed E-state index contributed by atoms with van der Waals surface area (Å²) in [7, 11) is 0. The van der Waals surface area contributed by atoms with Crippen molar-refractivity contribution in [2.24, 2.45) is 0 Å². The van der Waals surface area contributed by atoms with E-state index < -0.39 is 12.1 Å². The van der Waals surface area contributed by atoms with Crippen LogP contribution < -0.4 is 4.74 Å². The molecule has 1 amide bonds. The molecule has 0 aliphatic carbocycles. The van der Waals surface area contributed by atoms with Crippen LogP contribution in [0.25, 0.3) is 6.08 Å². The van der Waals surface area contributed by atoms with Crippen LogP contribution in [0, 0.1) is 0 Å². The summed E-state index contributed by atoms with van der Waals surface area (Å²) >= 11 is 0. The highest BCUT2D eigenvalue weighted by molar-refractivity contribution is 5.91. The van der Waals surface area contributed by atoms with Crippen molar-refractivity contribution in [1.82, 2.24) is 4.90 Å². The van der Waals surface area contributed by atoms with E-state index in [0.717, 1.165) is 30.6 Å².